The highest BCUT2D eigenvalue weighted by Crippen LogP contribution is 2.22. The zero-order valence-corrected chi connectivity index (χ0v) is 14.2. The number of carbonyl (C=O) groups excluding carboxylic acids is 1. The summed E-state index contributed by atoms with van der Waals surface area (Å²) in [4.78, 5) is 24.6. The highest BCUT2D eigenvalue weighted by molar-refractivity contribution is 5.91. The first-order chi connectivity index (χ1) is 10.5. The lowest BCUT2D eigenvalue weighted by Gasteiger charge is -2.24. The summed E-state index contributed by atoms with van der Waals surface area (Å²) in [5.74, 6) is 0.594. The third kappa shape index (κ3) is 4.50. The van der Waals surface area contributed by atoms with Crippen molar-refractivity contribution in [2.24, 2.45) is 5.92 Å². The Balaban J connectivity index is 1.99. The molecule has 0 aromatic carbocycles. The second kappa shape index (κ2) is 7.68. The van der Waals surface area contributed by atoms with E-state index in [1.165, 1.54) is 32.1 Å². The van der Waals surface area contributed by atoms with Gasteiger partial charge in [-0.15, -0.1) is 0 Å². The van der Waals surface area contributed by atoms with Gasteiger partial charge in [0.25, 0.3) is 5.91 Å². The number of nitrogens with zero attached hydrogens (tertiary/aromatic N) is 4. The Morgan fingerprint density at radius 1 is 1.32 bits per heavy atom. The summed E-state index contributed by atoms with van der Waals surface area (Å²) >= 11 is 0. The lowest BCUT2D eigenvalue weighted by atomic mass is 9.95. The van der Waals surface area contributed by atoms with E-state index in [-0.39, 0.29) is 5.91 Å². The molecule has 0 radical (unpaired) electrons. The molecule has 1 aromatic rings. The summed E-state index contributed by atoms with van der Waals surface area (Å²) in [5.41, 5.74) is 1.48. The number of amides is 1. The van der Waals surface area contributed by atoms with Crippen molar-refractivity contribution in [2.75, 3.05) is 27.2 Å². The van der Waals surface area contributed by atoms with Crippen LogP contribution in [0.4, 0.5) is 0 Å². The Kier molecular flexibility index (Phi) is 5.89. The number of hydrogen-bond acceptors (Lipinski definition) is 4. The van der Waals surface area contributed by atoms with Crippen LogP contribution in [0.5, 0.6) is 0 Å². The van der Waals surface area contributed by atoms with Gasteiger partial charge in [-0.2, -0.15) is 0 Å². The fourth-order valence-corrected chi connectivity index (χ4v) is 3.06. The predicted octanol–water partition coefficient (Wildman–Crippen LogP) is 2.23. The molecule has 1 amide bonds. The van der Waals surface area contributed by atoms with Crippen molar-refractivity contribution in [1.82, 2.24) is 19.8 Å². The summed E-state index contributed by atoms with van der Waals surface area (Å²) in [5, 5.41) is 0. The average molecular weight is 304 g/mol. The van der Waals surface area contributed by atoms with E-state index in [1.807, 2.05) is 6.07 Å². The van der Waals surface area contributed by atoms with Crippen molar-refractivity contribution in [3.63, 3.8) is 0 Å². The van der Waals surface area contributed by atoms with Crippen LogP contribution in [0.2, 0.25) is 0 Å². The van der Waals surface area contributed by atoms with E-state index in [2.05, 4.69) is 28.7 Å². The topological polar surface area (TPSA) is 49.3 Å². The molecule has 1 aliphatic rings. The summed E-state index contributed by atoms with van der Waals surface area (Å²) in [6.07, 6.45) is 6.16. The van der Waals surface area contributed by atoms with Gasteiger partial charge in [-0.1, -0.05) is 0 Å². The van der Waals surface area contributed by atoms with Gasteiger partial charge in [0.05, 0.1) is 0 Å². The minimum absolute atomic E-state index is 0.0597. The van der Waals surface area contributed by atoms with E-state index in [4.69, 9.17) is 0 Å². The minimum Gasteiger partial charge on any atom is -0.343 e. The molecule has 0 unspecified atom stereocenters. The van der Waals surface area contributed by atoms with E-state index in [1.54, 1.807) is 19.0 Å². The molecular weight excluding hydrogens is 276 g/mol. The van der Waals surface area contributed by atoms with Crippen LogP contribution in [0.1, 0.15) is 49.3 Å². The smallest absolute Gasteiger partial charge is 0.272 e. The average Bonchev–Trinajstić information content (AvgIpc) is 2.72. The largest absolute Gasteiger partial charge is 0.343 e. The Labute approximate surface area is 133 Å². The molecule has 122 valence electrons. The molecule has 0 aliphatic carbocycles. The van der Waals surface area contributed by atoms with E-state index in [9.17, 15) is 4.79 Å². The lowest BCUT2D eigenvalue weighted by Crippen LogP contribution is -2.31. The van der Waals surface area contributed by atoms with Gasteiger partial charge in [0.2, 0.25) is 0 Å². The molecule has 2 rings (SSSR count). The molecule has 5 nitrogen and oxygen atoms in total. The summed E-state index contributed by atoms with van der Waals surface area (Å²) in [6.45, 7) is 6.90. The fourth-order valence-electron chi connectivity index (χ4n) is 3.06. The van der Waals surface area contributed by atoms with Crippen LogP contribution >= 0.6 is 0 Å². The molecule has 1 aromatic heterocycles. The number of hydrogen-bond donors (Lipinski definition) is 0. The molecule has 0 N–H and O–H groups in total. The Morgan fingerprint density at radius 3 is 2.77 bits per heavy atom. The van der Waals surface area contributed by atoms with Crippen molar-refractivity contribution >= 4 is 5.91 Å². The van der Waals surface area contributed by atoms with Crippen LogP contribution < -0.4 is 0 Å². The maximum Gasteiger partial charge on any atom is 0.272 e. The Hall–Kier alpha value is -1.49. The van der Waals surface area contributed by atoms with E-state index in [0.29, 0.717) is 17.7 Å². The van der Waals surface area contributed by atoms with Gasteiger partial charge in [0, 0.05) is 25.8 Å². The molecule has 1 atom stereocenters. The third-order valence-corrected chi connectivity index (χ3v) is 4.46. The van der Waals surface area contributed by atoms with Crippen molar-refractivity contribution in [3.8, 4) is 0 Å². The predicted molar refractivity (Wildman–Crippen MR) is 87.8 cm³/mol. The van der Waals surface area contributed by atoms with Crippen LogP contribution in [0.25, 0.3) is 0 Å². The zero-order chi connectivity index (χ0) is 16.1. The number of likely N-dealkylation sites (tertiary alicyclic amines) is 1. The lowest BCUT2D eigenvalue weighted by molar-refractivity contribution is 0.0821. The molecule has 22 heavy (non-hydrogen) atoms. The molecular formula is C17H28N4O. The first-order valence-corrected chi connectivity index (χ1v) is 8.24. The number of rotatable bonds is 4. The second-order valence-corrected chi connectivity index (χ2v) is 6.72. The van der Waals surface area contributed by atoms with Gasteiger partial charge in [0.1, 0.15) is 12.0 Å². The highest BCUT2D eigenvalue weighted by Gasteiger charge is 2.20. The summed E-state index contributed by atoms with van der Waals surface area (Å²) in [6, 6.07) is 2.48. The Morgan fingerprint density at radius 2 is 2.09 bits per heavy atom. The van der Waals surface area contributed by atoms with Gasteiger partial charge < -0.3 is 9.80 Å². The Bertz CT molecular complexity index is 501. The summed E-state index contributed by atoms with van der Waals surface area (Å²) in [7, 11) is 3.49. The van der Waals surface area contributed by atoms with Crippen molar-refractivity contribution < 1.29 is 4.79 Å². The molecule has 0 saturated carbocycles. The van der Waals surface area contributed by atoms with Crippen LogP contribution in [-0.4, -0.2) is 58.9 Å². The summed E-state index contributed by atoms with van der Waals surface area (Å²) < 4.78 is 0. The quantitative estimate of drug-likeness (QED) is 0.856. The van der Waals surface area contributed by atoms with Crippen LogP contribution in [0.15, 0.2) is 12.4 Å². The van der Waals surface area contributed by atoms with E-state index >= 15 is 0 Å². The first-order valence-electron chi connectivity index (χ1n) is 8.24. The van der Waals surface area contributed by atoms with Crippen molar-refractivity contribution in [2.45, 2.75) is 45.6 Å². The molecule has 1 fully saturated rings. The van der Waals surface area contributed by atoms with E-state index in [0.717, 1.165) is 18.7 Å². The minimum atomic E-state index is -0.0597. The van der Waals surface area contributed by atoms with Crippen molar-refractivity contribution in [3.05, 3.63) is 23.8 Å². The fraction of sp³-hybridized carbons (Fsp3) is 0.706. The zero-order valence-electron chi connectivity index (χ0n) is 14.2. The van der Waals surface area contributed by atoms with Gasteiger partial charge in [-0.05, 0) is 64.6 Å². The maximum absolute atomic E-state index is 12.0. The number of carbonyl (C=O) groups is 1. The van der Waals surface area contributed by atoms with Gasteiger partial charge in [-0.25, -0.2) is 9.97 Å². The van der Waals surface area contributed by atoms with Gasteiger partial charge in [0.15, 0.2) is 0 Å². The molecule has 0 bridgehead atoms. The van der Waals surface area contributed by atoms with Crippen LogP contribution in [0, 0.1) is 5.92 Å². The second-order valence-electron chi connectivity index (χ2n) is 6.72. The molecule has 5 heteroatoms. The molecule has 1 aliphatic heterocycles. The van der Waals surface area contributed by atoms with Crippen LogP contribution in [0.3, 0.4) is 0 Å². The monoisotopic (exact) mass is 304 g/mol. The highest BCUT2D eigenvalue weighted by atomic mass is 16.2. The standard InChI is InChI=1S/C17H28N4O/c1-13(2)21-8-5-6-14(7-9-21)10-15-11-16(19-12-18-15)17(22)20(3)4/h11-14H,5-10H2,1-4H3/t14-/m0/s1. The molecule has 1 saturated heterocycles. The van der Waals surface area contributed by atoms with E-state index < -0.39 is 0 Å². The molecule has 0 spiro atoms. The third-order valence-electron chi connectivity index (χ3n) is 4.46. The van der Waals surface area contributed by atoms with Gasteiger partial charge in [-0.3, -0.25) is 4.79 Å². The first kappa shape index (κ1) is 16.9. The van der Waals surface area contributed by atoms with Gasteiger partial charge >= 0.3 is 0 Å². The SMILES string of the molecule is CC(C)N1CCC[C@H](Cc2cc(C(=O)N(C)C)ncn2)CC1. The molecule has 2 heterocycles. The normalized spacial score (nSPS) is 20.0. The van der Waals surface area contributed by atoms with Crippen molar-refractivity contribution in [1.29, 1.82) is 0 Å². The maximum atomic E-state index is 12.0. The van der Waals surface area contributed by atoms with Crippen LogP contribution in [-0.2, 0) is 6.42 Å². The number of aromatic nitrogens is 2.